The fourth-order valence-corrected chi connectivity index (χ4v) is 1.84. The second-order valence-electron chi connectivity index (χ2n) is 3.33. The van der Waals surface area contributed by atoms with E-state index in [0.29, 0.717) is 11.3 Å². The lowest BCUT2D eigenvalue weighted by Gasteiger charge is -2.07. The quantitative estimate of drug-likeness (QED) is 0.896. The predicted molar refractivity (Wildman–Crippen MR) is 54.9 cm³/mol. The van der Waals surface area contributed by atoms with Crippen molar-refractivity contribution >= 4 is 11.7 Å². The predicted octanol–water partition coefficient (Wildman–Crippen LogP) is 2.09. The number of hydrogen-bond acceptors (Lipinski definition) is 4. The molecule has 2 rings (SSSR count). The molecule has 0 aliphatic carbocycles. The Morgan fingerprint density at radius 1 is 1.25 bits per heavy atom. The minimum atomic E-state index is -0.889. The second kappa shape index (κ2) is 4.63. The van der Waals surface area contributed by atoms with Gasteiger partial charge in [-0.3, -0.25) is 0 Å². The topological polar surface area (TPSA) is 46.0 Å². The fraction of sp³-hybridized carbons (Fsp3) is 0.200. The van der Waals surface area contributed by atoms with Gasteiger partial charge < -0.3 is 5.11 Å². The first-order valence-electron chi connectivity index (χ1n) is 4.55. The minimum absolute atomic E-state index is 0.111. The Morgan fingerprint density at radius 2 is 1.94 bits per heavy atom. The van der Waals surface area contributed by atoms with Crippen LogP contribution >= 0.6 is 11.7 Å². The molecule has 0 amide bonds. The maximum atomic E-state index is 12.9. The molecule has 1 aromatic heterocycles. The van der Waals surface area contributed by atoms with E-state index in [1.54, 1.807) is 0 Å². The van der Waals surface area contributed by atoms with Crippen molar-refractivity contribution in [3.8, 4) is 0 Å². The Bertz CT molecular complexity index is 455. The van der Waals surface area contributed by atoms with Gasteiger partial charge in [0.25, 0.3) is 0 Å². The van der Waals surface area contributed by atoms with Crippen LogP contribution in [0.4, 0.5) is 8.78 Å². The molecule has 0 saturated carbocycles. The molecule has 0 bridgehead atoms. The highest BCUT2D eigenvalue weighted by molar-refractivity contribution is 6.99. The van der Waals surface area contributed by atoms with Crippen LogP contribution in [0.3, 0.4) is 0 Å². The van der Waals surface area contributed by atoms with Crippen molar-refractivity contribution < 1.29 is 13.9 Å². The summed E-state index contributed by atoms with van der Waals surface area (Å²) in [6.07, 6.45) is 0.658. The molecule has 1 atom stereocenters. The average Bonchev–Trinajstić information content (AvgIpc) is 2.68. The standard InChI is InChI=1S/C10H8F2N2OS/c11-7-1-6(2-8(12)4-7)3-10(15)9-5-13-16-14-9/h1-2,4-5,10,15H,3H2. The Labute approximate surface area is 94.7 Å². The van der Waals surface area contributed by atoms with E-state index in [4.69, 9.17) is 0 Å². The van der Waals surface area contributed by atoms with Gasteiger partial charge in [-0.1, -0.05) is 0 Å². The zero-order chi connectivity index (χ0) is 11.5. The largest absolute Gasteiger partial charge is 0.386 e. The number of nitrogens with zero attached hydrogens (tertiary/aromatic N) is 2. The van der Waals surface area contributed by atoms with E-state index in [9.17, 15) is 13.9 Å². The lowest BCUT2D eigenvalue weighted by Crippen LogP contribution is -2.02. The summed E-state index contributed by atoms with van der Waals surface area (Å²) in [4.78, 5) is 0. The van der Waals surface area contributed by atoms with E-state index in [0.717, 1.165) is 17.8 Å². The third-order valence-electron chi connectivity index (χ3n) is 2.07. The summed E-state index contributed by atoms with van der Waals surface area (Å²) in [5.41, 5.74) is 0.799. The van der Waals surface area contributed by atoms with Crippen LogP contribution in [0.2, 0.25) is 0 Å². The van der Waals surface area contributed by atoms with Crippen LogP contribution in [-0.2, 0) is 6.42 Å². The minimum Gasteiger partial charge on any atom is -0.386 e. The Morgan fingerprint density at radius 3 is 2.50 bits per heavy atom. The smallest absolute Gasteiger partial charge is 0.126 e. The first kappa shape index (κ1) is 11.1. The number of rotatable bonds is 3. The third-order valence-corrected chi connectivity index (χ3v) is 2.56. The molecule has 3 nitrogen and oxygen atoms in total. The van der Waals surface area contributed by atoms with Crippen LogP contribution in [0.5, 0.6) is 0 Å². The maximum absolute atomic E-state index is 12.9. The summed E-state index contributed by atoms with van der Waals surface area (Å²) in [5.74, 6) is -1.31. The number of aromatic nitrogens is 2. The zero-order valence-electron chi connectivity index (χ0n) is 8.10. The number of hydrogen-bond donors (Lipinski definition) is 1. The first-order chi connectivity index (χ1) is 7.65. The monoisotopic (exact) mass is 242 g/mol. The van der Waals surface area contributed by atoms with Crippen LogP contribution < -0.4 is 0 Å². The highest BCUT2D eigenvalue weighted by Gasteiger charge is 2.12. The van der Waals surface area contributed by atoms with Gasteiger partial charge in [0.1, 0.15) is 23.4 Å². The van der Waals surface area contributed by atoms with E-state index in [2.05, 4.69) is 8.75 Å². The van der Waals surface area contributed by atoms with Gasteiger partial charge in [-0.05, 0) is 17.7 Å². The van der Waals surface area contributed by atoms with Crippen LogP contribution in [0, 0.1) is 11.6 Å². The lowest BCUT2D eigenvalue weighted by atomic mass is 10.1. The van der Waals surface area contributed by atoms with Crippen LogP contribution in [0.15, 0.2) is 24.4 Å². The Kier molecular flexibility index (Phi) is 3.21. The first-order valence-corrected chi connectivity index (χ1v) is 5.28. The van der Waals surface area contributed by atoms with Crippen molar-refractivity contribution in [2.24, 2.45) is 0 Å². The molecule has 16 heavy (non-hydrogen) atoms. The zero-order valence-corrected chi connectivity index (χ0v) is 8.92. The molecule has 0 aliphatic heterocycles. The number of halogens is 2. The Hall–Kier alpha value is -1.40. The van der Waals surface area contributed by atoms with Gasteiger partial charge in [0.15, 0.2) is 0 Å². The molecule has 1 unspecified atom stereocenters. The summed E-state index contributed by atoms with van der Waals surface area (Å²) in [6.45, 7) is 0. The summed E-state index contributed by atoms with van der Waals surface area (Å²) in [5, 5.41) is 9.70. The molecule has 84 valence electrons. The maximum Gasteiger partial charge on any atom is 0.126 e. The molecule has 6 heteroatoms. The van der Waals surface area contributed by atoms with Gasteiger partial charge in [-0.2, -0.15) is 8.75 Å². The van der Waals surface area contributed by atoms with E-state index in [-0.39, 0.29) is 6.42 Å². The van der Waals surface area contributed by atoms with Crippen molar-refractivity contribution in [3.05, 3.63) is 47.3 Å². The van der Waals surface area contributed by atoms with E-state index < -0.39 is 17.7 Å². The molecule has 2 aromatic rings. The molecule has 0 spiro atoms. The number of aliphatic hydroxyl groups is 1. The lowest BCUT2D eigenvalue weighted by molar-refractivity contribution is 0.174. The van der Waals surface area contributed by atoms with Gasteiger partial charge >= 0.3 is 0 Å². The van der Waals surface area contributed by atoms with E-state index >= 15 is 0 Å². The van der Waals surface area contributed by atoms with Gasteiger partial charge in [0, 0.05) is 12.5 Å². The van der Waals surface area contributed by atoms with Gasteiger partial charge in [0.2, 0.25) is 0 Å². The average molecular weight is 242 g/mol. The van der Waals surface area contributed by atoms with Gasteiger partial charge in [-0.15, -0.1) is 0 Å². The summed E-state index contributed by atoms with van der Waals surface area (Å²) >= 11 is 0.977. The van der Waals surface area contributed by atoms with E-state index in [1.807, 2.05) is 0 Å². The van der Waals surface area contributed by atoms with Crippen LogP contribution in [0.1, 0.15) is 17.4 Å². The summed E-state index contributed by atoms with van der Waals surface area (Å²) < 4.78 is 33.3. The van der Waals surface area contributed by atoms with Crippen LogP contribution in [-0.4, -0.2) is 13.9 Å². The molecule has 0 radical (unpaired) electrons. The van der Waals surface area contributed by atoms with Crippen LogP contribution in [0.25, 0.3) is 0 Å². The molecule has 1 N–H and O–H groups in total. The third kappa shape index (κ3) is 2.59. The second-order valence-corrected chi connectivity index (χ2v) is 3.89. The van der Waals surface area contributed by atoms with E-state index in [1.165, 1.54) is 18.3 Å². The fourth-order valence-electron chi connectivity index (χ4n) is 1.38. The van der Waals surface area contributed by atoms with Crippen molar-refractivity contribution in [2.75, 3.05) is 0 Å². The van der Waals surface area contributed by atoms with Gasteiger partial charge in [-0.25, -0.2) is 8.78 Å². The highest BCUT2D eigenvalue weighted by Crippen LogP contribution is 2.18. The molecule has 0 saturated heterocycles. The highest BCUT2D eigenvalue weighted by atomic mass is 32.1. The number of benzene rings is 1. The van der Waals surface area contributed by atoms with Crippen molar-refractivity contribution in [3.63, 3.8) is 0 Å². The van der Waals surface area contributed by atoms with Crippen molar-refractivity contribution in [2.45, 2.75) is 12.5 Å². The Balaban J connectivity index is 2.15. The van der Waals surface area contributed by atoms with Crippen molar-refractivity contribution in [1.29, 1.82) is 0 Å². The number of aliphatic hydroxyl groups excluding tert-OH is 1. The molecular formula is C10H8F2N2OS. The summed E-state index contributed by atoms with van der Waals surface area (Å²) in [6, 6.07) is 3.17. The van der Waals surface area contributed by atoms with Gasteiger partial charge in [0.05, 0.1) is 17.9 Å². The molecule has 0 fully saturated rings. The van der Waals surface area contributed by atoms with Crippen molar-refractivity contribution in [1.82, 2.24) is 8.75 Å². The normalized spacial score (nSPS) is 12.7. The molecular weight excluding hydrogens is 234 g/mol. The summed E-state index contributed by atoms with van der Waals surface area (Å²) in [7, 11) is 0. The molecule has 0 aliphatic rings. The molecule has 1 aromatic carbocycles. The SMILES string of the molecule is OC(Cc1cc(F)cc(F)c1)c1cnsn1. The molecule has 1 heterocycles.